The zero-order chi connectivity index (χ0) is 13.0. The molecule has 6 heteroatoms. The minimum absolute atomic E-state index is 0.229. The summed E-state index contributed by atoms with van der Waals surface area (Å²) in [4.78, 5) is 14.8. The molecule has 98 valence electrons. The predicted molar refractivity (Wildman–Crippen MR) is 74.2 cm³/mol. The summed E-state index contributed by atoms with van der Waals surface area (Å²) < 4.78 is 0. The molecule has 0 bridgehead atoms. The first-order chi connectivity index (χ1) is 8.69. The Hall–Kier alpha value is -1.36. The van der Waals surface area contributed by atoms with Crippen LogP contribution < -0.4 is 10.2 Å². The number of anilines is 2. The van der Waals surface area contributed by atoms with E-state index < -0.39 is 0 Å². The molecule has 0 aromatic carbocycles. The van der Waals surface area contributed by atoms with Gasteiger partial charge in [0.2, 0.25) is 17.2 Å². The van der Waals surface area contributed by atoms with E-state index >= 15 is 0 Å². The molecule has 0 radical (unpaired) electrons. The molecule has 18 heavy (non-hydrogen) atoms. The average molecular weight is 268 g/mol. The molecule has 0 saturated carbocycles. The highest BCUT2D eigenvalue weighted by Crippen LogP contribution is 2.19. The maximum absolute atomic E-state index is 5.94. The highest BCUT2D eigenvalue weighted by molar-refractivity contribution is 6.28. The lowest BCUT2D eigenvalue weighted by Crippen LogP contribution is -2.23. The Bertz CT molecular complexity index is 417. The lowest BCUT2D eigenvalue weighted by atomic mass is 10.2. The fourth-order valence-electron chi connectivity index (χ4n) is 1.99. The Balaban J connectivity index is 2.12. The van der Waals surface area contributed by atoms with Crippen LogP contribution in [0, 0.1) is 0 Å². The minimum Gasteiger partial charge on any atom is -0.351 e. The number of hydrogen-bond donors (Lipinski definition) is 1. The summed E-state index contributed by atoms with van der Waals surface area (Å²) >= 11 is 5.94. The van der Waals surface area contributed by atoms with Crippen LogP contribution >= 0.6 is 11.6 Å². The number of rotatable bonds is 5. The summed E-state index contributed by atoms with van der Waals surface area (Å²) in [6.45, 7) is 7.74. The topological polar surface area (TPSA) is 53.9 Å². The standard InChI is InChI=1S/C12H18ClN5/c1-3-6-9(2)14-11-15-10(13)16-12(17-11)18-7-4-5-8-18/h3,9H,1,4-8H2,2H3,(H,14,15,16,17). The van der Waals surface area contributed by atoms with Crippen LogP contribution in [0.2, 0.25) is 5.28 Å². The van der Waals surface area contributed by atoms with E-state index in [0.29, 0.717) is 11.9 Å². The number of hydrogen-bond acceptors (Lipinski definition) is 5. The molecule has 1 unspecified atom stereocenters. The molecule has 0 spiro atoms. The molecule has 5 nitrogen and oxygen atoms in total. The smallest absolute Gasteiger partial charge is 0.231 e. The first-order valence-electron chi connectivity index (χ1n) is 6.23. The van der Waals surface area contributed by atoms with Gasteiger partial charge in [-0.15, -0.1) is 6.58 Å². The van der Waals surface area contributed by atoms with Crippen molar-refractivity contribution in [1.29, 1.82) is 0 Å². The van der Waals surface area contributed by atoms with Crippen molar-refractivity contribution in [2.45, 2.75) is 32.2 Å². The van der Waals surface area contributed by atoms with Gasteiger partial charge in [0.15, 0.2) is 0 Å². The Morgan fingerprint density at radius 2 is 2.11 bits per heavy atom. The summed E-state index contributed by atoms with van der Waals surface area (Å²) in [5, 5.41) is 3.44. The van der Waals surface area contributed by atoms with Crippen molar-refractivity contribution < 1.29 is 0 Å². The summed E-state index contributed by atoms with van der Waals surface area (Å²) in [6, 6.07) is 0.229. The van der Waals surface area contributed by atoms with Gasteiger partial charge in [-0.3, -0.25) is 0 Å². The van der Waals surface area contributed by atoms with Gasteiger partial charge in [-0.1, -0.05) is 6.08 Å². The van der Waals surface area contributed by atoms with E-state index in [0.717, 1.165) is 19.5 Å². The molecule has 1 aromatic heterocycles. The van der Waals surface area contributed by atoms with Crippen LogP contribution in [-0.2, 0) is 0 Å². The third kappa shape index (κ3) is 3.32. The van der Waals surface area contributed by atoms with Crippen LogP contribution in [0.4, 0.5) is 11.9 Å². The van der Waals surface area contributed by atoms with E-state index in [1.165, 1.54) is 12.8 Å². The highest BCUT2D eigenvalue weighted by Gasteiger charge is 2.17. The summed E-state index contributed by atoms with van der Waals surface area (Å²) in [7, 11) is 0. The Morgan fingerprint density at radius 3 is 2.78 bits per heavy atom. The zero-order valence-electron chi connectivity index (χ0n) is 10.6. The predicted octanol–water partition coefficient (Wildman–Crippen LogP) is 2.50. The Morgan fingerprint density at radius 1 is 1.39 bits per heavy atom. The molecule has 1 fully saturated rings. The third-order valence-electron chi connectivity index (χ3n) is 2.88. The number of nitrogens with one attached hydrogen (secondary N) is 1. The lowest BCUT2D eigenvalue weighted by Gasteiger charge is -2.17. The largest absolute Gasteiger partial charge is 0.351 e. The molecule has 2 rings (SSSR count). The molecule has 0 aliphatic carbocycles. The van der Waals surface area contributed by atoms with Crippen molar-refractivity contribution in [3.05, 3.63) is 17.9 Å². The van der Waals surface area contributed by atoms with Crippen molar-refractivity contribution in [1.82, 2.24) is 15.0 Å². The van der Waals surface area contributed by atoms with E-state index in [9.17, 15) is 0 Å². The number of nitrogens with zero attached hydrogens (tertiary/aromatic N) is 4. The molecule has 0 amide bonds. The van der Waals surface area contributed by atoms with Crippen molar-refractivity contribution in [3.8, 4) is 0 Å². The van der Waals surface area contributed by atoms with Gasteiger partial charge in [0.05, 0.1) is 0 Å². The minimum atomic E-state index is 0.229. The van der Waals surface area contributed by atoms with Crippen LogP contribution in [0.5, 0.6) is 0 Å². The molecule has 1 N–H and O–H groups in total. The zero-order valence-corrected chi connectivity index (χ0v) is 11.3. The molecule has 2 heterocycles. The van der Waals surface area contributed by atoms with Gasteiger partial charge >= 0.3 is 0 Å². The number of aromatic nitrogens is 3. The van der Waals surface area contributed by atoms with Crippen LogP contribution in [0.25, 0.3) is 0 Å². The van der Waals surface area contributed by atoms with Gasteiger partial charge < -0.3 is 10.2 Å². The van der Waals surface area contributed by atoms with Crippen molar-refractivity contribution in [3.63, 3.8) is 0 Å². The normalized spacial score (nSPS) is 16.7. The second kappa shape index (κ2) is 6.00. The second-order valence-corrected chi connectivity index (χ2v) is 4.83. The monoisotopic (exact) mass is 267 g/mol. The van der Waals surface area contributed by atoms with Crippen LogP contribution in [0.15, 0.2) is 12.7 Å². The molecule has 1 atom stereocenters. The summed E-state index contributed by atoms with van der Waals surface area (Å²) in [6.07, 6.45) is 5.07. The average Bonchev–Trinajstić information content (AvgIpc) is 2.81. The number of halogens is 1. The van der Waals surface area contributed by atoms with Gasteiger partial charge in [0.1, 0.15) is 0 Å². The highest BCUT2D eigenvalue weighted by atomic mass is 35.5. The first kappa shape index (κ1) is 13.1. The molecule has 1 saturated heterocycles. The van der Waals surface area contributed by atoms with E-state index in [2.05, 4.69) is 38.7 Å². The second-order valence-electron chi connectivity index (χ2n) is 4.49. The Kier molecular flexibility index (Phi) is 4.36. The molecule has 1 aromatic rings. The lowest BCUT2D eigenvalue weighted by molar-refractivity contribution is 0.789. The Labute approximate surface area is 112 Å². The maximum atomic E-state index is 5.94. The fourth-order valence-corrected chi connectivity index (χ4v) is 2.15. The van der Waals surface area contributed by atoms with Crippen LogP contribution in [0.3, 0.4) is 0 Å². The summed E-state index contributed by atoms with van der Waals surface area (Å²) in [5.41, 5.74) is 0. The van der Waals surface area contributed by atoms with Gasteiger partial charge in [-0.05, 0) is 37.8 Å². The van der Waals surface area contributed by atoms with Gasteiger partial charge in [-0.2, -0.15) is 15.0 Å². The van der Waals surface area contributed by atoms with Crippen LogP contribution in [-0.4, -0.2) is 34.1 Å². The van der Waals surface area contributed by atoms with E-state index in [4.69, 9.17) is 11.6 Å². The van der Waals surface area contributed by atoms with Gasteiger partial charge in [0.25, 0.3) is 0 Å². The summed E-state index contributed by atoms with van der Waals surface area (Å²) in [5.74, 6) is 1.20. The maximum Gasteiger partial charge on any atom is 0.231 e. The van der Waals surface area contributed by atoms with E-state index in [1.54, 1.807) is 0 Å². The van der Waals surface area contributed by atoms with Crippen LogP contribution in [0.1, 0.15) is 26.2 Å². The van der Waals surface area contributed by atoms with E-state index in [1.807, 2.05) is 6.08 Å². The molecular weight excluding hydrogens is 250 g/mol. The molecule has 1 aliphatic heterocycles. The molecular formula is C12H18ClN5. The third-order valence-corrected chi connectivity index (χ3v) is 3.05. The van der Waals surface area contributed by atoms with Gasteiger partial charge in [-0.25, -0.2) is 0 Å². The molecule has 1 aliphatic rings. The van der Waals surface area contributed by atoms with Crippen molar-refractivity contribution >= 4 is 23.5 Å². The van der Waals surface area contributed by atoms with E-state index in [-0.39, 0.29) is 11.3 Å². The quantitative estimate of drug-likeness (QED) is 0.831. The van der Waals surface area contributed by atoms with Gasteiger partial charge in [0, 0.05) is 19.1 Å². The van der Waals surface area contributed by atoms with Crippen molar-refractivity contribution in [2.24, 2.45) is 0 Å². The SMILES string of the molecule is C=CCC(C)Nc1nc(Cl)nc(N2CCCC2)n1. The van der Waals surface area contributed by atoms with Crippen molar-refractivity contribution in [2.75, 3.05) is 23.3 Å². The first-order valence-corrected chi connectivity index (χ1v) is 6.61. The fraction of sp³-hybridized carbons (Fsp3) is 0.583.